The highest BCUT2D eigenvalue weighted by Gasteiger charge is 2.40. The van der Waals surface area contributed by atoms with Crippen LogP contribution in [0.4, 0.5) is 13.2 Å². The Labute approximate surface area is 214 Å². The first kappa shape index (κ1) is 24.1. The zero-order chi connectivity index (χ0) is 26.6. The van der Waals surface area contributed by atoms with Crippen molar-refractivity contribution in [2.24, 2.45) is 7.05 Å². The van der Waals surface area contributed by atoms with Gasteiger partial charge in [0.15, 0.2) is 17.2 Å². The molecule has 194 valence electrons. The molecule has 0 amide bonds. The van der Waals surface area contributed by atoms with Gasteiger partial charge in [-0.15, -0.1) is 0 Å². The van der Waals surface area contributed by atoms with Gasteiger partial charge in [-0.2, -0.15) is 13.2 Å². The first-order valence-electron chi connectivity index (χ1n) is 12.1. The first-order chi connectivity index (χ1) is 18.2. The van der Waals surface area contributed by atoms with Gasteiger partial charge in [-0.05, 0) is 17.5 Å². The van der Waals surface area contributed by atoms with Gasteiger partial charge in [0.25, 0.3) is 0 Å². The van der Waals surface area contributed by atoms with Crippen LogP contribution in [-0.4, -0.2) is 35.2 Å². The second-order valence-electron chi connectivity index (χ2n) is 9.29. The molecule has 1 aliphatic rings. The van der Waals surface area contributed by atoms with Gasteiger partial charge in [-0.1, -0.05) is 55.5 Å². The Morgan fingerprint density at radius 3 is 2.53 bits per heavy atom. The van der Waals surface area contributed by atoms with Crippen LogP contribution >= 0.6 is 0 Å². The van der Waals surface area contributed by atoms with E-state index >= 15 is 0 Å². The van der Waals surface area contributed by atoms with E-state index in [0.29, 0.717) is 22.6 Å². The van der Waals surface area contributed by atoms with E-state index in [-0.39, 0.29) is 30.3 Å². The molecule has 2 aromatic carbocycles. The molecule has 0 radical (unpaired) electrons. The molecular formula is C27H23F3N6O2. The second-order valence-corrected chi connectivity index (χ2v) is 9.29. The summed E-state index contributed by atoms with van der Waals surface area (Å²) in [5.74, 6) is 0.700. The Kier molecular flexibility index (Phi) is 5.68. The van der Waals surface area contributed by atoms with Crippen molar-refractivity contribution >= 4 is 11.2 Å². The summed E-state index contributed by atoms with van der Waals surface area (Å²) in [6.45, 7) is 2.30. The molecule has 38 heavy (non-hydrogen) atoms. The summed E-state index contributed by atoms with van der Waals surface area (Å²) in [7, 11) is 1.52. The molecule has 1 saturated heterocycles. The lowest BCUT2D eigenvalue weighted by molar-refractivity contribution is -0.140. The summed E-state index contributed by atoms with van der Waals surface area (Å²) in [5, 5.41) is 0. The molecule has 11 heteroatoms. The lowest BCUT2D eigenvalue weighted by Crippen LogP contribution is -2.17. The average Bonchev–Trinajstić information content (AvgIpc) is 3.49. The second kappa shape index (κ2) is 8.95. The molecule has 0 bridgehead atoms. The number of nitrogens with one attached hydrogen (secondary N) is 1. The number of aromatic amines is 1. The number of aromatic nitrogens is 6. The standard InChI is InChI=1S/C27H23F3N6O2/c1-3-20-22(38-20)17-6-4-5-7-18(17)23-31-12-19-25(34-23)36(26(37)32-19)13-15-8-10-16(11-9-15)24-33-21(14-35(24)2)27(28,29)30/h4-12,14,20,22H,3,13H2,1-2H3,(H,32,37). The monoisotopic (exact) mass is 520 g/mol. The van der Waals surface area contributed by atoms with Crippen LogP contribution in [0.3, 0.4) is 0 Å². The fourth-order valence-electron chi connectivity index (χ4n) is 4.71. The Balaban J connectivity index is 1.31. The van der Waals surface area contributed by atoms with E-state index in [4.69, 9.17) is 9.72 Å². The summed E-state index contributed by atoms with van der Waals surface area (Å²) in [6.07, 6.45) is -0.857. The third-order valence-corrected chi connectivity index (χ3v) is 6.72. The van der Waals surface area contributed by atoms with Gasteiger partial charge >= 0.3 is 11.9 Å². The van der Waals surface area contributed by atoms with Gasteiger partial charge < -0.3 is 14.3 Å². The van der Waals surface area contributed by atoms with Crippen LogP contribution in [0.5, 0.6) is 0 Å². The first-order valence-corrected chi connectivity index (χ1v) is 12.1. The van der Waals surface area contributed by atoms with Crippen molar-refractivity contribution in [1.29, 1.82) is 0 Å². The Morgan fingerprint density at radius 1 is 1.08 bits per heavy atom. The lowest BCUT2D eigenvalue weighted by atomic mass is 10.0. The van der Waals surface area contributed by atoms with Gasteiger partial charge in [0.1, 0.15) is 17.4 Å². The van der Waals surface area contributed by atoms with Crippen LogP contribution in [0.25, 0.3) is 33.9 Å². The summed E-state index contributed by atoms with van der Waals surface area (Å²) < 4.78 is 47.8. The van der Waals surface area contributed by atoms with Crippen LogP contribution in [0.1, 0.15) is 36.3 Å². The van der Waals surface area contributed by atoms with Crippen LogP contribution in [0.2, 0.25) is 0 Å². The van der Waals surface area contributed by atoms with Crippen molar-refractivity contribution in [3.05, 3.63) is 88.2 Å². The summed E-state index contributed by atoms with van der Waals surface area (Å²) >= 11 is 0. The molecule has 2 unspecified atom stereocenters. The molecule has 4 heterocycles. The van der Waals surface area contributed by atoms with Crippen molar-refractivity contribution in [2.75, 3.05) is 0 Å². The number of halogens is 3. The highest BCUT2D eigenvalue weighted by atomic mass is 19.4. The zero-order valence-electron chi connectivity index (χ0n) is 20.5. The largest absolute Gasteiger partial charge is 0.434 e. The molecule has 6 rings (SSSR count). The number of ether oxygens (including phenoxy) is 1. The van der Waals surface area contributed by atoms with Crippen molar-refractivity contribution in [2.45, 2.75) is 38.3 Å². The number of epoxide rings is 1. The third-order valence-electron chi connectivity index (χ3n) is 6.72. The van der Waals surface area contributed by atoms with Crippen molar-refractivity contribution in [3.63, 3.8) is 0 Å². The van der Waals surface area contributed by atoms with Gasteiger partial charge in [-0.3, -0.25) is 4.57 Å². The maximum absolute atomic E-state index is 13.0. The number of nitrogens with zero attached hydrogens (tertiary/aromatic N) is 5. The molecule has 1 aliphatic heterocycles. The number of H-pyrrole nitrogens is 1. The van der Waals surface area contributed by atoms with Crippen LogP contribution in [0.15, 0.2) is 65.7 Å². The maximum Gasteiger partial charge on any atom is 0.434 e. The summed E-state index contributed by atoms with van der Waals surface area (Å²) in [6, 6.07) is 14.7. The Hall–Kier alpha value is -4.25. The molecule has 0 saturated carbocycles. The molecule has 0 aliphatic carbocycles. The number of alkyl halides is 3. The van der Waals surface area contributed by atoms with Crippen LogP contribution < -0.4 is 5.69 Å². The van der Waals surface area contributed by atoms with Gasteiger partial charge in [0.2, 0.25) is 0 Å². The minimum Gasteiger partial charge on any atom is -0.364 e. The number of fused-ring (bicyclic) bond motifs is 1. The van der Waals surface area contributed by atoms with E-state index in [9.17, 15) is 18.0 Å². The fourth-order valence-corrected chi connectivity index (χ4v) is 4.71. The number of hydrogen-bond acceptors (Lipinski definition) is 5. The van der Waals surface area contributed by atoms with Gasteiger partial charge in [0, 0.05) is 24.4 Å². The molecule has 8 nitrogen and oxygen atoms in total. The van der Waals surface area contributed by atoms with E-state index < -0.39 is 11.9 Å². The van der Waals surface area contributed by atoms with Crippen LogP contribution in [-0.2, 0) is 24.5 Å². The topological polar surface area (TPSA) is 93.9 Å². The molecule has 1 fully saturated rings. The summed E-state index contributed by atoms with van der Waals surface area (Å²) in [4.78, 5) is 28.5. The van der Waals surface area contributed by atoms with Crippen molar-refractivity contribution in [1.82, 2.24) is 29.1 Å². The van der Waals surface area contributed by atoms with E-state index in [1.54, 1.807) is 30.5 Å². The van der Waals surface area contributed by atoms with E-state index in [1.165, 1.54) is 16.2 Å². The molecule has 2 atom stereocenters. The zero-order valence-corrected chi connectivity index (χ0v) is 20.5. The molecule has 3 aromatic heterocycles. The predicted molar refractivity (Wildman–Crippen MR) is 134 cm³/mol. The van der Waals surface area contributed by atoms with Gasteiger partial charge in [-0.25, -0.2) is 19.7 Å². The maximum atomic E-state index is 13.0. The number of aryl methyl sites for hydroxylation is 1. The quantitative estimate of drug-likeness (QED) is 0.314. The smallest absolute Gasteiger partial charge is 0.364 e. The number of rotatable bonds is 6. The van der Waals surface area contributed by atoms with Crippen molar-refractivity contribution < 1.29 is 17.9 Å². The predicted octanol–water partition coefficient (Wildman–Crippen LogP) is 5.10. The molecule has 0 spiro atoms. The highest BCUT2D eigenvalue weighted by molar-refractivity contribution is 5.74. The molecule has 5 aromatic rings. The molecule has 1 N–H and O–H groups in total. The number of imidazole rings is 2. The minimum absolute atomic E-state index is 0.00774. The number of benzene rings is 2. The Bertz CT molecular complexity index is 1700. The summed E-state index contributed by atoms with van der Waals surface area (Å²) in [5.41, 5.74) is 2.87. The van der Waals surface area contributed by atoms with Gasteiger partial charge in [0.05, 0.1) is 18.8 Å². The third kappa shape index (κ3) is 4.28. The Morgan fingerprint density at radius 2 is 1.84 bits per heavy atom. The fraction of sp³-hybridized carbons (Fsp3) is 0.259. The van der Waals surface area contributed by atoms with Crippen molar-refractivity contribution in [3.8, 4) is 22.8 Å². The van der Waals surface area contributed by atoms with E-state index in [0.717, 1.165) is 29.3 Å². The SMILES string of the molecule is CCC1OC1c1ccccc1-c1ncc2[nH]c(=O)n(Cc3ccc(-c4nc(C(F)(F)F)cn4C)cc3)c2n1. The highest BCUT2D eigenvalue weighted by Crippen LogP contribution is 2.44. The number of hydrogen-bond donors (Lipinski definition) is 1. The minimum atomic E-state index is -4.52. The normalized spacial score (nSPS) is 17.3. The van der Waals surface area contributed by atoms with E-state index in [1.807, 2.05) is 24.3 Å². The molecular weight excluding hydrogens is 497 g/mol. The van der Waals surface area contributed by atoms with Crippen LogP contribution in [0, 0.1) is 0 Å². The van der Waals surface area contributed by atoms with E-state index in [2.05, 4.69) is 21.9 Å². The lowest BCUT2D eigenvalue weighted by Gasteiger charge is -2.08. The average molecular weight is 521 g/mol.